The zero-order chi connectivity index (χ0) is 14.0. The Balaban J connectivity index is 2.30. The van der Waals surface area contributed by atoms with E-state index in [0.717, 1.165) is 23.7 Å². The van der Waals surface area contributed by atoms with Gasteiger partial charge in [-0.3, -0.25) is 9.69 Å². The Morgan fingerprint density at radius 2 is 2.32 bits per heavy atom. The monoisotopic (exact) mass is 325 g/mol. The number of aliphatic carboxylic acids is 1. The normalized spacial score (nSPS) is 19.5. The largest absolute Gasteiger partial charge is 0.480 e. The third kappa shape index (κ3) is 3.00. The fraction of sp³-hybridized carbons (Fsp3) is 0.533. The molecular weight excluding hydrogens is 306 g/mol. The van der Waals surface area contributed by atoms with Gasteiger partial charge in [-0.15, -0.1) is 0 Å². The molecule has 2 atom stereocenters. The zero-order valence-corrected chi connectivity index (χ0v) is 13.0. The van der Waals surface area contributed by atoms with Crippen molar-refractivity contribution in [1.29, 1.82) is 0 Å². The Morgan fingerprint density at radius 3 is 2.95 bits per heavy atom. The van der Waals surface area contributed by atoms with Crippen LogP contribution in [0.15, 0.2) is 22.7 Å². The first-order chi connectivity index (χ1) is 9.04. The lowest BCUT2D eigenvalue weighted by Crippen LogP contribution is -2.39. The van der Waals surface area contributed by atoms with Crippen molar-refractivity contribution in [3.05, 3.63) is 33.8 Å². The van der Waals surface area contributed by atoms with E-state index in [4.69, 9.17) is 5.11 Å². The predicted molar refractivity (Wildman–Crippen MR) is 79.3 cm³/mol. The molecule has 1 aromatic carbocycles. The van der Waals surface area contributed by atoms with Crippen molar-refractivity contribution >= 4 is 21.9 Å². The molecule has 1 aromatic rings. The average Bonchev–Trinajstić information content (AvgIpc) is 2.80. The average molecular weight is 326 g/mol. The lowest BCUT2D eigenvalue weighted by Gasteiger charge is -2.33. The highest BCUT2D eigenvalue weighted by Gasteiger charge is 2.32. The van der Waals surface area contributed by atoms with Gasteiger partial charge in [-0.25, -0.2) is 0 Å². The van der Waals surface area contributed by atoms with Crippen LogP contribution in [0.25, 0.3) is 0 Å². The molecule has 0 saturated carbocycles. The molecule has 1 N–H and O–H groups in total. The molecule has 2 rings (SSSR count). The number of carbonyl (C=O) groups is 1. The maximum atomic E-state index is 11.1. The van der Waals surface area contributed by atoms with Gasteiger partial charge in [0.05, 0.1) is 6.54 Å². The summed E-state index contributed by atoms with van der Waals surface area (Å²) in [6, 6.07) is 6.75. The highest BCUT2D eigenvalue weighted by Crippen LogP contribution is 2.40. The molecule has 4 heteroatoms. The molecule has 0 aromatic heterocycles. The van der Waals surface area contributed by atoms with Gasteiger partial charge >= 0.3 is 5.97 Å². The molecule has 0 saturated heterocycles. The lowest BCUT2D eigenvalue weighted by molar-refractivity contribution is -0.139. The Hall–Kier alpha value is -0.870. The lowest BCUT2D eigenvalue weighted by atomic mass is 10.0. The zero-order valence-electron chi connectivity index (χ0n) is 11.4. The summed E-state index contributed by atoms with van der Waals surface area (Å²) in [5.41, 5.74) is 2.63. The number of rotatable bonds is 5. The Bertz CT molecular complexity index is 475. The molecule has 0 bridgehead atoms. The summed E-state index contributed by atoms with van der Waals surface area (Å²) in [6.45, 7) is 4.33. The highest BCUT2D eigenvalue weighted by atomic mass is 79.9. The summed E-state index contributed by atoms with van der Waals surface area (Å²) in [7, 11) is 0. The summed E-state index contributed by atoms with van der Waals surface area (Å²) in [5, 5.41) is 9.14. The second-order valence-electron chi connectivity index (χ2n) is 5.19. The Kier molecular flexibility index (Phi) is 4.63. The van der Waals surface area contributed by atoms with Gasteiger partial charge in [0.1, 0.15) is 0 Å². The van der Waals surface area contributed by atoms with E-state index in [-0.39, 0.29) is 18.6 Å². The van der Waals surface area contributed by atoms with Crippen molar-refractivity contribution < 1.29 is 9.90 Å². The topological polar surface area (TPSA) is 40.5 Å². The summed E-state index contributed by atoms with van der Waals surface area (Å²) < 4.78 is 1.15. The van der Waals surface area contributed by atoms with Crippen molar-refractivity contribution in [3.8, 4) is 0 Å². The molecule has 0 spiro atoms. The Morgan fingerprint density at radius 1 is 1.58 bits per heavy atom. The van der Waals surface area contributed by atoms with Crippen LogP contribution < -0.4 is 0 Å². The fourth-order valence-corrected chi connectivity index (χ4v) is 3.48. The molecule has 0 radical (unpaired) electrons. The van der Waals surface area contributed by atoms with Gasteiger partial charge < -0.3 is 5.11 Å². The smallest absolute Gasteiger partial charge is 0.317 e. The molecule has 2 unspecified atom stereocenters. The SMILES string of the molecule is CCC(C)N(CC(=O)O)C1CCc2c(Br)cccc21. The van der Waals surface area contributed by atoms with E-state index < -0.39 is 5.97 Å². The van der Waals surface area contributed by atoms with E-state index in [1.54, 1.807) is 0 Å². The van der Waals surface area contributed by atoms with Crippen LogP contribution >= 0.6 is 15.9 Å². The van der Waals surface area contributed by atoms with Crippen LogP contribution in [-0.2, 0) is 11.2 Å². The molecule has 1 aliphatic rings. The third-order valence-electron chi connectivity index (χ3n) is 4.06. The van der Waals surface area contributed by atoms with Gasteiger partial charge in [0.25, 0.3) is 0 Å². The fourth-order valence-electron chi connectivity index (χ4n) is 2.90. The summed E-state index contributed by atoms with van der Waals surface area (Å²) in [4.78, 5) is 13.2. The van der Waals surface area contributed by atoms with E-state index in [2.05, 4.69) is 46.8 Å². The highest BCUT2D eigenvalue weighted by molar-refractivity contribution is 9.10. The van der Waals surface area contributed by atoms with Crippen LogP contribution in [0.1, 0.15) is 43.9 Å². The number of halogens is 1. The number of fused-ring (bicyclic) bond motifs is 1. The predicted octanol–water partition coefficient (Wildman–Crippen LogP) is 3.62. The number of nitrogens with zero attached hydrogens (tertiary/aromatic N) is 1. The molecule has 0 fully saturated rings. The summed E-state index contributed by atoms with van der Waals surface area (Å²) in [5.74, 6) is -0.747. The second-order valence-corrected chi connectivity index (χ2v) is 6.04. The van der Waals surface area contributed by atoms with Gasteiger partial charge in [0.2, 0.25) is 0 Å². The van der Waals surface area contributed by atoms with Gasteiger partial charge in [-0.1, -0.05) is 35.0 Å². The van der Waals surface area contributed by atoms with E-state index >= 15 is 0 Å². The maximum absolute atomic E-state index is 11.1. The van der Waals surface area contributed by atoms with E-state index in [0.29, 0.717) is 0 Å². The standard InChI is InChI=1S/C15H20BrNO2/c1-3-10(2)17(9-15(18)19)14-8-7-11-12(14)5-4-6-13(11)16/h4-6,10,14H,3,7-9H2,1-2H3,(H,18,19). The van der Waals surface area contributed by atoms with Crippen LogP contribution in [0.3, 0.4) is 0 Å². The van der Waals surface area contributed by atoms with E-state index in [9.17, 15) is 4.79 Å². The quantitative estimate of drug-likeness (QED) is 0.898. The number of hydrogen-bond acceptors (Lipinski definition) is 2. The number of hydrogen-bond donors (Lipinski definition) is 1. The van der Waals surface area contributed by atoms with Crippen molar-refractivity contribution in [2.75, 3.05) is 6.54 Å². The number of carboxylic acid groups (broad SMARTS) is 1. The first kappa shape index (κ1) is 14.5. The molecule has 0 amide bonds. The molecule has 0 aliphatic heterocycles. The van der Waals surface area contributed by atoms with E-state index in [1.807, 2.05) is 6.07 Å². The van der Waals surface area contributed by atoms with Crippen molar-refractivity contribution in [1.82, 2.24) is 4.90 Å². The van der Waals surface area contributed by atoms with Crippen LogP contribution in [0.5, 0.6) is 0 Å². The molecule has 1 aliphatic carbocycles. The Labute approximate surface area is 122 Å². The van der Waals surface area contributed by atoms with Crippen molar-refractivity contribution in [2.45, 2.75) is 45.2 Å². The van der Waals surface area contributed by atoms with Crippen molar-refractivity contribution in [3.63, 3.8) is 0 Å². The minimum absolute atomic E-state index is 0.117. The van der Waals surface area contributed by atoms with Gasteiger partial charge in [0, 0.05) is 16.6 Å². The second kappa shape index (κ2) is 6.06. The molecule has 0 heterocycles. The molecular formula is C15H20BrNO2. The summed E-state index contributed by atoms with van der Waals surface area (Å²) >= 11 is 3.59. The number of carboxylic acids is 1. The molecule has 104 valence electrons. The van der Waals surface area contributed by atoms with Gasteiger partial charge in [-0.05, 0) is 43.4 Å². The molecule has 19 heavy (non-hydrogen) atoms. The van der Waals surface area contributed by atoms with Gasteiger partial charge in [0.15, 0.2) is 0 Å². The first-order valence-electron chi connectivity index (χ1n) is 6.79. The summed E-state index contributed by atoms with van der Waals surface area (Å²) in [6.07, 6.45) is 3.00. The van der Waals surface area contributed by atoms with E-state index in [1.165, 1.54) is 11.1 Å². The minimum Gasteiger partial charge on any atom is -0.480 e. The van der Waals surface area contributed by atoms with Crippen LogP contribution in [0, 0.1) is 0 Å². The number of benzene rings is 1. The molecule has 3 nitrogen and oxygen atoms in total. The van der Waals surface area contributed by atoms with Crippen LogP contribution in [0.2, 0.25) is 0 Å². The van der Waals surface area contributed by atoms with Crippen molar-refractivity contribution in [2.24, 2.45) is 0 Å². The van der Waals surface area contributed by atoms with Crippen LogP contribution in [-0.4, -0.2) is 28.6 Å². The first-order valence-corrected chi connectivity index (χ1v) is 7.58. The van der Waals surface area contributed by atoms with Gasteiger partial charge in [-0.2, -0.15) is 0 Å². The maximum Gasteiger partial charge on any atom is 0.317 e. The minimum atomic E-state index is -0.747. The van der Waals surface area contributed by atoms with Crippen LogP contribution in [0.4, 0.5) is 0 Å². The third-order valence-corrected chi connectivity index (χ3v) is 4.80.